The zero-order valence-electron chi connectivity index (χ0n) is 7.69. The Balaban J connectivity index is 2.29. The van der Waals surface area contributed by atoms with Crippen molar-refractivity contribution in [2.24, 2.45) is 0 Å². The second-order valence-electron chi connectivity index (χ2n) is 3.30. The molecule has 0 atom stereocenters. The monoisotopic (exact) mass is 168 g/mol. The molecular formula is C13H12. The molecule has 0 saturated heterocycles. The third-order valence-corrected chi connectivity index (χ3v) is 2.28. The van der Waals surface area contributed by atoms with Gasteiger partial charge in [-0.2, -0.15) is 0 Å². The first-order valence-electron chi connectivity index (χ1n) is 4.83. The van der Waals surface area contributed by atoms with Gasteiger partial charge in [-0.15, -0.1) is 0 Å². The van der Waals surface area contributed by atoms with Crippen LogP contribution in [0.4, 0.5) is 0 Å². The molecule has 0 unspecified atom stereocenters. The van der Waals surface area contributed by atoms with Gasteiger partial charge in [0, 0.05) is 18.4 Å². The van der Waals surface area contributed by atoms with Crippen molar-refractivity contribution in [2.45, 2.75) is 32.1 Å². The number of fused-ring (bicyclic) bond motifs is 1. The van der Waals surface area contributed by atoms with Crippen molar-refractivity contribution in [3.8, 4) is 23.7 Å². The van der Waals surface area contributed by atoms with Crippen LogP contribution >= 0.6 is 0 Å². The molecule has 2 aliphatic rings. The van der Waals surface area contributed by atoms with Gasteiger partial charge in [0.2, 0.25) is 0 Å². The summed E-state index contributed by atoms with van der Waals surface area (Å²) in [5, 5.41) is 0. The van der Waals surface area contributed by atoms with E-state index in [9.17, 15) is 0 Å². The highest BCUT2D eigenvalue weighted by atomic mass is 14.1. The fourth-order valence-electron chi connectivity index (χ4n) is 1.55. The van der Waals surface area contributed by atoms with Crippen LogP contribution in [-0.2, 0) is 0 Å². The third kappa shape index (κ3) is 2.04. The van der Waals surface area contributed by atoms with E-state index in [0.29, 0.717) is 0 Å². The van der Waals surface area contributed by atoms with Crippen LogP contribution in [0, 0.1) is 23.7 Å². The molecule has 0 aliphatic heterocycles. The predicted molar refractivity (Wildman–Crippen MR) is 54.8 cm³/mol. The zero-order chi connectivity index (χ0) is 8.93. The van der Waals surface area contributed by atoms with Crippen LogP contribution in [0.25, 0.3) is 0 Å². The van der Waals surface area contributed by atoms with Crippen LogP contribution < -0.4 is 0 Å². The number of hydrogen-bond acceptors (Lipinski definition) is 0. The molecule has 0 N–H and O–H groups in total. The molecule has 0 fully saturated rings. The highest BCUT2D eigenvalue weighted by Crippen LogP contribution is 2.23. The molecular weight excluding hydrogens is 156 g/mol. The Kier molecular flexibility index (Phi) is 2.54. The molecule has 0 nitrogen and oxygen atoms in total. The topological polar surface area (TPSA) is 0 Å². The van der Waals surface area contributed by atoms with Crippen LogP contribution in [0.3, 0.4) is 0 Å². The van der Waals surface area contributed by atoms with E-state index < -0.39 is 0 Å². The van der Waals surface area contributed by atoms with Crippen LogP contribution in [-0.4, -0.2) is 0 Å². The first-order valence-corrected chi connectivity index (χ1v) is 4.83. The van der Waals surface area contributed by atoms with Crippen LogP contribution in [0.1, 0.15) is 32.1 Å². The van der Waals surface area contributed by atoms with Gasteiger partial charge in [0.1, 0.15) is 0 Å². The van der Waals surface area contributed by atoms with Gasteiger partial charge < -0.3 is 0 Å². The summed E-state index contributed by atoms with van der Waals surface area (Å²) < 4.78 is 0. The average molecular weight is 168 g/mol. The summed E-state index contributed by atoms with van der Waals surface area (Å²) in [6, 6.07) is 0. The van der Waals surface area contributed by atoms with Crippen molar-refractivity contribution in [3.05, 3.63) is 23.3 Å². The summed E-state index contributed by atoms with van der Waals surface area (Å²) in [5.41, 5.74) is 2.55. The average Bonchev–Trinajstić information content (AvgIpc) is 2.59. The molecule has 0 aromatic carbocycles. The highest BCUT2D eigenvalue weighted by molar-refractivity contribution is 5.51. The minimum Gasteiger partial charge on any atom is -0.0985 e. The van der Waals surface area contributed by atoms with E-state index in [1.54, 1.807) is 0 Å². The molecule has 0 saturated carbocycles. The molecule has 64 valence electrons. The summed E-state index contributed by atoms with van der Waals surface area (Å²) in [5.74, 6) is 12.7. The maximum Gasteiger partial charge on any atom is 0.0244 e. The molecule has 0 heteroatoms. The summed E-state index contributed by atoms with van der Waals surface area (Å²) in [6.45, 7) is 0. The quantitative estimate of drug-likeness (QED) is 0.488. The van der Waals surface area contributed by atoms with Crippen molar-refractivity contribution >= 4 is 0 Å². The fraction of sp³-hybridized carbons (Fsp3) is 0.385. The molecule has 2 rings (SSSR count). The van der Waals surface area contributed by atoms with Gasteiger partial charge in [-0.3, -0.25) is 0 Å². The van der Waals surface area contributed by atoms with Gasteiger partial charge in [0.25, 0.3) is 0 Å². The summed E-state index contributed by atoms with van der Waals surface area (Å²) >= 11 is 0. The minimum absolute atomic E-state index is 0.984. The zero-order valence-corrected chi connectivity index (χ0v) is 7.69. The fourth-order valence-corrected chi connectivity index (χ4v) is 1.55. The van der Waals surface area contributed by atoms with E-state index in [2.05, 4.69) is 29.8 Å². The van der Waals surface area contributed by atoms with Crippen molar-refractivity contribution in [1.82, 2.24) is 0 Å². The number of allylic oxidation sites excluding steroid dienone is 4. The maximum atomic E-state index is 3.23. The Labute approximate surface area is 79.7 Å². The van der Waals surface area contributed by atoms with Gasteiger partial charge in [-0.05, 0) is 30.9 Å². The second kappa shape index (κ2) is 4.01. The highest BCUT2D eigenvalue weighted by Gasteiger charge is 2.07. The van der Waals surface area contributed by atoms with Gasteiger partial charge in [-0.25, -0.2) is 0 Å². The van der Waals surface area contributed by atoms with Crippen LogP contribution in [0.2, 0.25) is 0 Å². The van der Waals surface area contributed by atoms with E-state index in [4.69, 9.17) is 0 Å². The first-order chi connectivity index (χ1) is 6.47. The van der Waals surface area contributed by atoms with Crippen molar-refractivity contribution < 1.29 is 0 Å². The van der Waals surface area contributed by atoms with E-state index in [-0.39, 0.29) is 0 Å². The maximum absolute atomic E-state index is 3.23. The van der Waals surface area contributed by atoms with E-state index in [0.717, 1.165) is 32.1 Å². The van der Waals surface area contributed by atoms with E-state index >= 15 is 0 Å². The molecule has 0 amide bonds. The largest absolute Gasteiger partial charge is 0.0985 e. The third-order valence-electron chi connectivity index (χ3n) is 2.28. The van der Waals surface area contributed by atoms with E-state index in [1.807, 2.05) is 6.08 Å². The SMILES string of the molecule is C1#CCCCC#CC2=CCC/C2=C/1. The smallest absolute Gasteiger partial charge is 0.0244 e. The molecule has 0 aromatic heterocycles. The first kappa shape index (κ1) is 8.21. The summed E-state index contributed by atoms with van der Waals surface area (Å²) in [6.07, 6.45) is 9.60. The van der Waals surface area contributed by atoms with Gasteiger partial charge in [-0.1, -0.05) is 29.8 Å². The molecule has 0 spiro atoms. The van der Waals surface area contributed by atoms with Crippen LogP contribution in [0.5, 0.6) is 0 Å². The Morgan fingerprint density at radius 1 is 1.15 bits per heavy atom. The molecule has 0 radical (unpaired) electrons. The molecule has 0 bridgehead atoms. The number of rotatable bonds is 0. The Morgan fingerprint density at radius 3 is 3.08 bits per heavy atom. The summed E-state index contributed by atoms with van der Waals surface area (Å²) in [7, 11) is 0. The minimum atomic E-state index is 0.984. The predicted octanol–water partition coefficient (Wildman–Crippen LogP) is 2.82. The Hall–Kier alpha value is -1.40. The standard InChI is InChI=1S/C13H12/c1-2-4-6-9-13-11-7-10-12(13)8-5-3-1/h9-10H,1-3,7,11H2/b13-9-. The molecule has 13 heavy (non-hydrogen) atoms. The van der Waals surface area contributed by atoms with Gasteiger partial charge in [0.05, 0.1) is 0 Å². The lowest BCUT2D eigenvalue weighted by Crippen LogP contribution is -1.81. The van der Waals surface area contributed by atoms with Crippen molar-refractivity contribution in [2.75, 3.05) is 0 Å². The lowest BCUT2D eigenvalue weighted by Gasteiger charge is -1.95. The van der Waals surface area contributed by atoms with E-state index in [1.165, 1.54) is 11.1 Å². The molecule has 0 heterocycles. The summed E-state index contributed by atoms with van der Waals surface area (Å²) in [4.78, 5) is 0. The Morgan fingerprint density at radius 2 is 2.08 bits per heavy atom. The van der Waals surface area contributed by atoms with Crippen molar-refractivity contribution in [1.29, 1.82) is 0 Å². The van der Waals surface area contributed by atoms with Gasteiger partial charge >= 0.3 is 0 Å². The van der Waals surface area contributed by atoms with Gasteiger partial charge in [0.15, 0.2) is 0 Å². The Bertz CT molecular complexity index is 372. The van der Waals surface area contributed by atoms with Crippen LogP contribution in [0.15, 0.2) is 23.3 Å². The van der Waals surface area contributed by atoms with Crippen molar-refractivity contribution in [3.63, 3.8) is 0 Å². The lowest BCUT2D eigenvalue weighted by molar-refractivity contribution is 0.903. The molecule has 2 aliphatic carbocycles. The normalized spacial score (nSPS) is 23.7. The lowest BCUT2D eigenvalue weighted by atomic mass is 10.1. The molecule has 0 aromatic rings. The number of hydrogen-bond donors (Lipinski definition) is 0. The second-order valence-corrected chi connectivity index (χ2v) is 3.30.